The molecule has 0 radical (unpaired) electrons. The van der Waals surface area contributed by atoms with Gasteiger partial charge in [0, 0.05) is 19.7 Å². The third kappa shape index (κ3) is 3.46. The minimum Gasteiger partial charge on any atom is -0.489 e. The third-order valence-electron chi connectivity index (χ3n) is 5.05. The van der Waals surface area contributed by atoms with E-state index in [1.807, 2.05) is 24.3 Å². The smallest absolute Gasteiger partial charge is 0.145 e. The second-order valence-corrected chi connectivity index (χ2v) is 6.76. The first-order chi connectivity index (χ1) is 13.3. The second kappa shape index (κ2) is 7.68. The molecule has 4 rings (SSSR count). The molecule has 3 aromatic carbocycles. The van der Waals surface area contributed by atoms with Gasteiger partial charge in [-0.1, -0.05) is 91.0 Å². The van der Waals surface area contributed by atoms with Crippen molar-refractivity contribution < 1.29 is 4.74 Å². The summed E-state index contributed by atoms with van der Waals surface area (Å²) in [6.07, 6.45) is 0. The first-order valence-corrected chi connectivity index (χ1v) is 9.23. The summed E-state index contributed by atoms with van der Waals surface area (Å²) in [5.41, 5.74) is 4.67. The van der Waals surface area contributed by atoms with Crippen LogP contribution in [-0.2, 0) is 11.3 Å². The van der Waals surface area contributed by atoms with Crippen LogP contribution in [0.3, 0.4) is 0 Å². The van der Waals surface area contributed by atoms with Crippen molar-refractivity contribution in [3.8, 4) is 0 Å². The van der Waals surface area contributed by atoms with Crippen molar-refractivity contribution in [1.29, 1.82) is 0 Å². The highest BCUT2D eigenvalue weighted by molar-refractivity contribution is 5.69. The van der Waals surface area contributed by atoms with Crippen LogP contribution in [0.2, 0.25) is 0 Å². The Labute approximate surface area is 161 Å². The van der Waals surface area contributed by atoms with E-state index in [1.165, 1.54) is 11.1 Å². The van der Waals surface area contributed by atoms with Gasteiger partial charge in [-0.2, -0.15) is 0 Å². The van der Waals surface area contributed by atoms with Crippen LogP contribution >= 0.6 is 0 Å². The van der Waals surface area contributed by atoms with Crippen molar-refractivity contribution >= 4 is 5.70 Å². The van der Waals surface area contributed by atoms with Crippen molar-refractivity contribution in [3.05, 3.63) is 113 Å². The van der Waals surface area contributed by atoms with E-state index in [4.69, 9.17) is 4.74 Å². The quantitative estimate of drug-likeness (QED) is 0.632. The van der Waals surface area contributed by atoms with Crippen LogP contribution in [0.15, 0.2) is 96.8 Å². The van der Waals surface area contributed by atoms with E-state index in [2.05, 4.69) is 90.8 Å². The molecule has 0 aromatic heterocycles. The molecule has 1 heterocycles. The standard InChI is InChI=1S/C24H24N2O/c1-25-22(20-14-8-4-9-15-20)24(27-18-19-12-6-3-7-13-19)23(26(25)2)21-16-10-5-11-17-21/h3-17,22H,18H2,1-2H3. The van der Waals surface area contributed by atoms with Gasteiger partial charge in [-0.15, -0.1) is 0 Å². The predicted octanol–water partition coefficient (Wildman–Crippen LogP) is 5.11. The van der Waals surface area contributed by atoms with Crippen molar-refractivity contribution in [2.75, 3.05) is 14.1 Å². The summed E-state index contributed by atoms with van der Waals surface area (Å²) in [5.74, 6) is 0.987. The monoisotopic (exact) mass is 356 g/mol. The van der Waals surface area contributed by atoms with Crippen LogP contribution in [0.1, 0.15) is 22.7 Å². The molecule has 27 heavy (non-hydrogen) atoms. The molecule has 1 unspecified atom stereocenters. The summed E-state index contributed by atoms with van der Waals surface area (Å²) in [4.78, 5) is 0. The largest absolute Gasteiger partial charge is 0.489 e. The van der Waals surface area contributed by atoms with E-state index in [1.54, 1.807) is 0 Å². The maximum atomic E-state index is 6.46. The van der Waals surface area contributed by atoms with Gasteiger partial charge >= 0.3 is 0 Å². The number of hydrogen-bond donors (Lipinski definition) is 0. The predicted molar refractivity (Wildman–Crippen MR) is 109 cm³/mol. The molecular formula is C24H24N2O. The summed E-state index contributed by atoms with van der Waals surface area (Å²) >= 11 is 0. The van der Waals surface area contributed by atoms with Crippen molar-refractivity contribution in [2.24, 2.45) is 0 Å². The Morgan fingerprint density at radius 2 is 1.30 bits per heavy atom. The molecule has 0 saturated heterocycles. The molecule has 1 aliphatic rings. The van der Waals surface area contributed by atoms with Crippen LogP contribution in [0.4, 0.5) is 0 Å². The van der Waals surface area contributed by atoms with Gasteiger partial charge in [0.05, 0.1) is 5.70 Å². The molecule has 0 N–H and O–H groups in total. The van der Waals surface area contributed by atoms with Crippen molar-refractivity contribution in [1.82, 2.24) is 10.0 Å². The van der Waals surface area contributed by atoms with E-state index >= 15 is 0 Å². The van der Waals surface area contributed by atoms with Gasteiger partial charge in [-0.05, 0) is 11.1 Å². The molecule has 0 spiro atoms. The SMILES string of the molecule is CN1C(c2ccccc2)=C(OCc2ccccc2)C(c2ccccc2)N1C. The minimum absolute atomic E-state index is 0.0510. The van der Waals surface area contributed by atoms with Gasteiger partial charge in [0.25, 0.3) is 0 Å². The Morgan fingerprint density at radius 1 is 0.741 bits per heavy atom. The maximum absolute atomic E-state index is 6.46. The zero-order chi connectivity index (χ0) is 18.6. The average molecular weight is 356 g/mol. The Hall–Kier alpha value is -3.04. The van der Waals surface area contributed by atoms with E-state index in [0.717, 1.165) is 17.0 Å². The lowest BCUT2D eigenvalue weighted by molar-refractivity contribution is 0.0591. The van der Waals surface area contributed by atoms with Gasteiger partial charge < -0.3 is 9.75 Å². The lowest BCUT2D eigenvalue weighted by Crippen LogP contribution is -2.32. The summed E-state index contributed by atoms with van der Waals surface area (Å²) in [6.45, 7) is 0.553. The fourth-order valence-electron chi connectivity index (χ4n) is 3.60. The molecule has 136 valence electrons. The lowest BCUT2D eigenvalue weighted by Gasteiger charge is -2.28. The van der Waals surface area contributed by atoms with Crippen molar-refractivity contribution in [2.45, 2.75) is 12.6 Å². The number of likely N-dealkylation sites (N-methyl/N-ethyl adjacent to an activating group) is 1. The van der Waals surface area contributed by atoms with Crippen LogP contribution in [0, 0.1) is 0 Å². The Bertz CT molecular complexity index is 907. The Kier molecular flexibility index (Phi) is 4.95. The average Bonchev–Trinajstić information content (AvgIpc) is 2.98. The van der Waals surface area contributed by atoms with Gasteiger partial charge in [0.1, 0.15) is 18.4 Å². The first kappa shape index (κ1) is 17.4. The van der Waals surface area contributed by atoms with Crippen LogP contribution in [0.25, 0.3) is 5.70 Å². The topological polar surface area (TPSA) is 15.7 Å². The Balaban J connectivity index is 1.77. The van der Waals surface area contributed by atoms with Gasteiger partial charge in [-0.3, -0.25) is 0 Å². The highest BCUT2D eigenvalue weighted by atomic mass is 16.5. The van der Waals surface area contributed by atoms with Crippen LogP contribution in [0.5, 0.6) is 0 Å². The molecule has 0 bridgehead atoms. The fourth-order valence-corrected chi connectivity index (χ4v) is 3.60. The number of ether oxygens (including phenoxy) is 1. The number of benzene rings is 3. The molecule has 0 saturated carbocycles. The van der Waals surface area contributed by atoms with Crippen LogP contribution in [-0.4, -0.2) is 24.1 Å². The molecule has 3 nitrogen and oxygen atoms in total. The summed E-state index contributed by atoms with van der Waals surface area (Å²) in [6, 6.07) is 31.4. The summed E-state index contributed by atoms with van der Waals surface area (Å²) in [5, 5.41) is 4.42. The molecule has 0 fully saturated rings. The Morgan fingerprint density at radius 3 is 1.93 bits per heavy atom. The third-order valence-corrected chi connectivity index (χ3v) is 5.05. The molecule has 3 aromatic rings. The number of nitrogens with zero attached hydrogens (tertiary/aromatic N) is 2. The van der Waals surface area contributed by atoms with Crippen LogP contribution < -0.4 is 0 Å². The van der Waals surface area contributed by atoms with E-state index in [-0.39, 0.29) is 6.04 Å². The maximum Gasteiger partial charge on any atom is 0.145 e. The summed E-state index contributed by atoms with van der Waals surface area (Å²) in [7, 11) is 4.20. The number of rotatable bonds is 5. The zero-order valence-corrected chi connectivity index (χ0v) is 15.7. The minimum atomic E-state index is 0.0510. The molecule has 1 aliphatic heterocycles. The number of hydrazine groups is 1. The van der Waals surface area contributed by atoms with Crippen molar-refractivity contribution in [3.63, 3.8) is 0 Å². The molecule has 0 amide bonds. The van der Waals surface area contributed by atoms with E-state index in [0.29, 0.717) is 6.61 Å². The van der Waals surface area contributed by atoms with Gasteiger partial charge in [0.2, 0.25) is 0 Å². The fraction of sp³-hybridized carbons (Fsp3) is 0.167. The molecular weight excluding hydrogens is 332 g/mol. The molecule has 0 aliphatic carbocycles. The summed E-state index contributed by atoms with van der Waals surface area (Å²) < 4.78 is 6.46. The number of hydrogen-bond acceptors (Lipinski definition) is 3. The van der Waals surface area contributed by atoms with Gasteiger partial charge in [-0.25, -0.2) is 5.01 Å². The highest BCUT2D eigenvalue weighted by Crippen LogP contribution is 2.43. The second-order valence-electron chi connectivity index (χ2n) is 6.76. The van der Waals surface area contributed by atoms with E-state index in [9.17, 15) is 0 Å². The highest BCUT2D eigenvalue weighted by Gasteiger charge is 2.37. The normalized spacial score (nSPS) is 17.4. The van der Waals surface area contributed by atoms with Gasteiger partial charge in [0.15, 0.2) is 0 Å². The molecule has 1 atom stereocenters. The zero-order valence-electron chi connectivity index (χ0n) is 15.7. The molecule has 3 heteroatoms. The lowest BCUT2D eigenvalue weighted by atomic mass is 10.0. The first-order valence-electron chi connectivity index (χ1n) is 9.23. The van der Waals surface area contributed by atoms with E-state index < -0.39 is 0 Å².